The molecule has 3 aromatic rings. The second kappa shape index (κ2) is 6.35. The van der Waals surface area contributed by atoms with Crippen LogP contribution in [0.3, 0.4) is 0 Å². The Labute approximate surface area is 159 Å². The summed E-state index contributed by atoms with van der Waals surface area (Å²) in [5.41, 5.74) is 1.96. The van der Waals surface area contributed by atoms with Crippen molar-refractivity contribution in [3.63, 3.8) is 0 Å². The van der Waals surface area contributed by atoms with Crippen LogP contribution in [0, 0.1) is 0 Å². The lowest BCUT2D eigenvalue weighted by Crippen LogP contribution is -2.38. The molecule has 1 saturated heterocycles. The van der Waals surface area contributed by atoms with Gasteiger partial charge in [0.1, 0.15) is 5.82 Å². The van der Waals surface area contributed by atoms with E-state index in [1.54, 1.807) is 0 Å². The smallest absolute Gasteiger partial charge is 0.258 e. The van der Waals surface area contributed by atoms with Gasteiger partial charge in [-0.25, -0.2) is 4.98 Å². The summed E-state index contributed by atoms with van der Waals surface area (Å²) in [6.07, 6.45) is 6.52. The Bertz CT molecular complexity index is 1050. The number of benzene rings is 1. The number of piperidine rings is 1. The fraction of sp³-hybridized carbons (Fsp3) is 0.400. The number of rotatable bonds is 3. The molecule has 2 fully saturated rings. The van der Waals surface area contributed by atoms with Crippen molar-refractivity contribution in [2.24, 2.45) is 0 Å². The molecule has 2 aliphatic rings. The number of aromatic nitrogens is 2. The van der Waals surface area contributed by atoms with Crippen LogP contribution in [0.2, 0.25) is 0 Å². The minimum atomic E-state index is -0.0640. The van der Waals surface area contributed by atoms with Gasteiger partial charge in [-0.2, -0.15) is 0 Å². The molecule has 6 heteroatoms. The van der Waals surface area contributed by atoms with Crippen molar-refractivity contribution >= 4 is 43.4 Å². The monoisotopic (exact) mass is 412 g/mol. The van der Waals surface area contributed by atoms with E-state index in [-0.39, 0.29) is 5.56 Å². The number of fused-ring (bicyclic) bond motifs is 3. The molecule has 0 radical (unpaired) electrons. The lowest BCUT2D eigenvalue weighted by atomic mass is 10.0. The minimum Gasteiger partial charge on any atom is -0.366 e. The highest BCUT2D eigenvalue weighted by atomic mass is 79.9. The van der Waals surface area contributed by atoms with E-state index in [1.807, 2.05) is 24.4 Å². The van der Waals surface area contributed by atoms with E-state index >= 15 is 0 Å². The Kier molecular flexibility index (Phi) is 3.98. The van der Waals surface area contributed by atoms with Gasteiger partial charge in [-0.15, -0.1) is 0 Å². The first-order valence-electron chi connectivity index (χ1n) is 9.32. The third-order valence-corrected chi connectivity index (χ3v) is 5.97. The van der Waals surface area contributed by atoms with Gasteiger partial charge in [0.15, 0.2) is 0 Å². The summed E-state index contributed by atoms with van der Waals surface area (Å²) in [6.45, 7) is 2.03. The Morgan fingerprint density at radius 1 is 1.19 bits per heavy atom. The van der Waals surface area contributed by atoms with E-state index < -0.39 is 0 Å². The molecular formula is C20H21BrN4O. The van der Waals surface area contributed by atoms with Crippen LogP contribution in [0.1, 0.15) is 37.2 Å². The molecule has 5 rings (SSSR count). The van der Waals surface area contributed by atoms with Crippen LogP contribution in [0.15, 0.2) is 33.7 Å². The van der Waals surface area contributed by atoms with E-state index in [2.05, 4.69) is 31.5 Å². The van der Waals surface area contributed by atoms with Crippen molar-refractivity contribution in [3.05, 3.63) is 44.8 Å². The van der Waals surface area contributed by atoms with Gasteiger partial charge in [0.2, 0.25) is 0 Å². The average molecular weight is 413 g/mol. The van der Waals surface area contributed by atoms with Crippen molar-refractivity contribution < 1.29 is 0 Å². The van der Waals surface area contributed by atoms with E-state index in [9.17, 15) is 4.79 Å². The lowest BCUT2D eigenvalue weighted by Gasteiger charge is -2.25. The fourth-order valence-electron chi connectivity index (χ4n) is 3.99. The summed E-state index contributed by atoms with van der Waals surface area (Å²) in [5, 5.41) is 9.75. The third kappa shape index (κ3) is 2.81. The molecule has 0 unspecified atom stereocenters. The largest absolute Gasteiger partial charge is 0.366 e. The Morgan fingerprint density at radius 2 is 2.08 bits per heavy atom. The molecule has 3 N–H and O–H groups in total. The molecule has 134 valence electrons. The number of pyridine rings is 2. The summed E-state index contributed by atoms with van der Waals surface area (Å²) >= 11 is 3.56. The number of H-pyrrole nitrogens is 1. The number of nitrogens with one attached hydrogen (secondary N) is 3. The van der Waals surface area contributed by atoms with E-state index in [1.165, 1.54) is 24.8 Å². The highest BCUT2D eigenvalue weighted by molar-refractivity contribution is 9.10. The fourth-order valence-corrected chi connectivity index (χ4v) is 4.35. The second-order valence-corrected chi connectivity index (χ2v) is 8.32. The van der Waals surface area contributed by atoms with Gasteiger partial charge in [-0.3, -0.25) is 4.79 Å². The molecular weight excluding hydrogens is 392 g/mol. The first-order chi connectivity index (χ1) is 12.7. The molecule has 26 heavy (non-hydrogen) atoms. The summed E-state index contributed by atoms with van der Waals surface area (Å²) in [4.78, 5) is 20.6. The molecule has 0 amide bonds. The van der Waals surface area contributed by atoms with Gasteiger partial charge in [0, 0.05) is 34.0 Å². The number of hydrogen-bond donors (Lipinski definition) is 3. The molecule has 0 spiro atoms. The summed E-state index contributed by atoms with van der Waals surface area (Å²) in [5.74, 6) is 1.41. The van der Waals surface area contributed by atoms with E-state index in [4.69, 9.17) is 4.98 Å². The predicted octanol–water partition coefficient (Wildman–Crippen LogP) is 3.88. The molecule has 1 aliphatic carbocycles. The number of anilines is 1. The van der Waals surface area contributed by atoms with Crippen LogP contribution in [-0.4, -0.2) is 29.1 Å². The number of aromatic amines is 1. The Morgan fingerprint density at radius 3 is 2.85 bits per heavy atom. The predicted molar refractivity (Wildman–Crippen MR) is 109 cm³/mol. The maximum absolute atomic E-state index is 12.7. The van der Waals surface area contributed by atoms with Crippen molar-refractivity contribution in [2.45, 2.75) is 37.6 Å². The number of hydrogen-bond acceptors (Lipinski definition) is 4. The Hall–Kier alpha value is -1.92. The van der Waals surface area contributed by atoms with Crippen molar-refractivity contribution in [1.29, 1.82) is 0 Å². The minimum absolute atomic E-state index is 0.0640. The average Bonchev–Trinajstić information content (AvgIpc) is 3.47. The normalized spacial score (nSPS) is 20.6. The van der Waals surface area contributed by atoms with Gasteiger partial charge < -0.3 is 15.6 Å². The zero-order chi connectivity index (χ0) is 17.7. The molecule has 5 nitrogen and oxygen atoms in total. The van der Waals surface area contributed by atoms with Crippen LogP contribution in [-0.2, 0) is 0 Å². The van der Waals surface area contributed by atoms with Gasteiger partial charge in [0.05, 0.1) is 10.9 Å². The summed E-state index contributed by atoms with van der Waals surface area (Å²) < 4.78 is 0.971. The van der Waals surface area contributed by atoms with Crippen LogP contribution in [0.5, 0.6) is 0 Å². The van der Waals surface area contributed by atoms with Gasteiger partial charge in [-0.1, -0.05) is 15.9 Å². The number of halogens is 1. The second-order valence-electron chi connectivity index (χ2n) is 7.41. The molecule has 1 aromatic carbocycles. The van der Waals surface area contributed by atoms with Crippen molar-refractivity contribution in [1.82, 2.24) is 15.3 Å². The number of nitrogens with zero attached hydrogens (tertiary/aromatic N) is 1. The molecule has 1 aliphatic heterocycles. The maximum Gasteiger partial charge on any atom is 0.258 e. The standard InChI is InChI=1S/C20H21BrN4O/c21-12-5-6-14-15(8-12)17-18(16(11-3-4-11)10-23-20(17)26)25-19(14)24-13-2-1-7-22-9-13/h5-6,8,10-11,13,22H,1-4,7,9H2,(H,23,26)(H,24,25)/t13-/m0/s1. The highest BCUT2D eigenvalue weighted by Gasteiger charge is 2.28. The van der Waals surface area contributed by atoms with E-state index in [0.29, 0.717) is 17.3 Å². The molecule has 1 atom stereocenters. The molecule has 1 saturated carbocycles. The van der Waals surface area contributed by atoms with Gasteiger partial charge in [0.25, 0.3) is 5.56 Å². The van der Waals surface area contributed by atoms with Crippen LogP contribution >= 0.6 is 15.9 Å². The van der Waals surface area contributed by atoms with Gasteiger partial charge >= 0.3 is 0 Å². The lowest BCUT2D eigenvalue weighted by molar-refractivity contribution is 0.479. The van der Waals surface area contributed by atoms with Crippen LogP contribution in [0.4, 0.5) is 5.82 Å². The van der Waals surface area contributed by atoms with Crippen molar-refractivity contribution in [3.8, 4) is 0 Å². The zero-order valence-corrected chi connectivity index (χ0v) is 16.0. The zero-order valence-electron chi connectivity index (χ0n) is 14.4. The first kappa shape index (κ1) is 16.3. The quantitative estimate of drug-likeness (QED) is 0.570. The van der Waals surface area contributed by atoms with Crippen LogP contribution < -0.4 is 16.2 Å². The maximum atomic E-state index is 12.7. The Balaban J connectivity index is 1.77. The van der Waals surface area contributed by atoms with Crippen molar-refractivity contribution in [2.75, 3.05) is 18.4 Å². The van der Waals surface area contributed by atoms with Crippen LogP contribution in [0.25, 0.3) is 21.7 Å². The first-order valence-corrected chi connectivity index (χ1v) is 10.1. The molecule has 0 bridgehead atoms. The highest BCUT2D eigenvalue weighted by Crippen LogP contribution is 2.43. The van der Waals surface area contributed by atoms with Gasteiger partial charge in [-0.05, 0) is 61.9 Å². The summed E-state index contributed by atoms with van der Waals surface area (Å²) in [6, 6.07) is 6.47. The SMILES string of the molecule is O=c1[nH]cc(C2CC2)c2nc(N[C@H]3CCCNC3)c3ccc(Br)cc3c12. The molecule has 2 aromatic heterocycles. The summed E-state index contributed by atoms with van der Waals surface area (Å²) in [7, 11) is 0. The third-order valence-electron chi connectivity index (χ3n) is 5.48. The molecule has 3 heterocycles. The van der Waals surface area contributed by atoms with E-state index in [0.717, 1.165) is 46.1 Å². The topological polar surface area (TPSA) is 69.8 Å².